The Labute approximate surface area is 161 Å². The number of thiophene rings is 1. The van der Waals surface area contributed by atoms with Crippen molar-refractivity contribution in [1.82, 2.24) is 0 Å². The van der Waals surface area contributed by atoms with Crippen LogP contribution in [0.15, 0.2) is 60.0 Å². The van der Waals surface area contributed by atoms with Crippen LogP contribution >= 0.6 is 22.9 Å². The minimum Gasteiger partial charge on any atom is -0.494 e. The van der Waals surface area contributed by atoms with Crippen LogP contribution in [0, 0.1) is 0 Å². The lowest BCUT2D eigenvalue weighted by atomic mass is 10.3. The van der Waals surface area contributed by atoms with Gasteiger partial charge in [-0.3, -0.25) is 4.79 Å². The predicted molar refractivity (Wildman–Crippen MR) is 106 cm³/mol. The Kier molecular flexibility index (Phi) is 6.15. The van der Waals surface area contributed by atoms with Crippen LogP contribution in [0.5, 0.6) is 11.5 Å². The van der Waals surface area contributed by atoms with Crippen LogP contribution < -0.4 is 14.8 Å². The van der Waals surface area contributed by atoms with Gasteiger partial charge >= 0.3 is 0 Å². The van der Waals surface area contributed by atoms with E-state index in [1.165, 1.54) is 11.3 Å². The fourth-order valence-electron chi connectivity index (χ4n) is 2.29. The maximum Gasteiger partial charge on any atom is 0.265 e. The molecule has 0 radical (unpaired) electrons. The monoisotopic (exact) mass is 387 g/mol. The van der Waals surface area contributed by atoms with Crippen molar-refractivity contribution in [2.75, 3.05) is 11.9 Å². The summed E-state index contributed by atoms with van der Waals surface area (Å²) in [6, 6.07) is 16.4. The van der Waals surface area contributed by atoms with Gasteiger partial charge in [0.25, 0.3) is 5.91 Å². The first-order chi connectivity index (χ1) is 12.7. The largest absolute Gasteiger partial charge is 0.494 e. The molecule has 1 aromatic heterocycles. The summed E-state index contributed by atoms with van der Waals surface area (Å²) in [7, 11) is 0. The van der Waals surface area contributed by atoms with Crippen molar-refractivity contribution in [3.8, 4) is 11.5 Å². The second-order valence-corrected chi connectivity index (χ2v) is 6.77. The van der Waals surface area contributed by atoms with E-state index >= 15 is 0 Å². The summed E-state index contributed by atoms with van der Waals surface area (Å²) >= 11 is 7.45. The Hall–Kier alpha value is -2.50. The zero-order chi connectivity index (χ0) is 18.4. The summed E-state index contributed by atoms with van der Waals surface area (Å²) in [6.07, 6.45) is 0. The van der Waals surface area contributed by atoms with E-state index in [2.05, 4.69) is 5.32 Å². The lowest BCUT2D eigenvalue weighted by Gasteiger charge is -2.06. The second kappa shape index (κ2) is 8.74. The first-order valence-electron chi connectivity index (χ1n) is 8.14. The lowest BCUT2D eigenvalue weighted by Crippen LogP contribution is -2.10. The highest BCUT2D eigenvalue weighted by molar-refractivity contribution is 7.12. The van der Waals surface area contributed by atoms with Crippen LogP contribution in [0.4, 0.5) is 5.69 Å². The molecule has 4 nitrogen and oxygen atoms in total. The molecular weight excluding hydrogens is 370 g/mol. The fourth-order valence-corrected chi connectivity index (χ4v) is 3.27. The molecule has 0 saturated heterocycles. The molecule has 0 aliphatic heterocycles. The predicted octanol–water partition coefficient (Wildman–Crippen LogP) is 5.63. The molecule has 0 unspecified atom stereocenters. The van der Waals surface area contributed by atoms with Crippen LogP contribution in [0.3, 0.4) is 0 Å². The van der Waals surface area contributed by atoms with Gasteiger partial charge in [-0.1, -0.05) is 23.7 Å². The van der Waals surface area contributed by atoms with Gasteiger partial charge in [0, 0.05) is 11.3 Å². The molecule has 3 aromatic rings. The topological polar surface area (TPSA) is 47.6 Å². The van der Waals surface area contributed by atoms with E-state index in [-0.39, 0.29) is 5.91 Å². The number of halogens is 1. The third-order valence-corrected chi connectivity index (χ3v) is 4.82. The molecule has 0 spiro atoms. The molecule has 1 heterocycles. The molecule has 1 amide bonds. The average Bonchev–Trinajstić information content (AvgIpc) is 3.12. The molecule has 1 N–H and O–H groups in total. The number of amides is 1. The summed E-state index contributed by atoms with van der Waals surface area (Å²) in [5.74, 6) is 1.25. The minimum atomic E-state index is -0.150. The van der Waals surface area contributed by atoms with Gasteiger partial charge in [-0.15, -0.1) is 11.3 Å². The molecule has 0 atom stereocenters. The molecule has 6 heteroatoms. The number of carbonyl (C=O) groups is 1. The number of hydrogen-bond donors (Lipinski definition) is 1. The van der Waals surface area contributed by atoms with Crippen molar-refractivity contribution in [3.05, 3.63) is 75.4 Å². The maximum absolute atomic E-state index is 12.4. The smallest absolute Gasteiger partial charge is 0.265 e. The summed E-state index contributed by atoms with van der Waals surface area (Å²) in [5, 5.41) is 5.35. The van der Waals surface area contributed by atoms with E-state index in [9.17, 15) is 4.79 Å². The number of benzene rings is 2. The highest BCUT2D eigenvalue weighted by Crippen LogP contribution is 2.25. The van der Waals surface area contributed by atoms with Crippen molar-refractivity contribution in [1.29, 1.82) is 0 Å². The molecular formula is C20H18ClNO3S. The molecule has 3 rings (SSSR count). The Morgan fingerprint density at radius 2 is 1.88 bits per heavy atom. The van der Waals surface area contributed by atoms with E-state index in [0.717, 1.165) is 17.0 Å². The Morgan fingerprint density at radius 3 is 2.62 bits per heavy atom. The van der Waals surface area contributed by atoms with Crippen LogP contribution in [-0.4, -0.2) is 12.5 Å². The molecule has 0 bridgehead atoms. The molecule has 2 aromatic carbocycles. The van der Waals surface area contributed by atoms with Crippen LogP contribution in [0.2, 0.25) is 5.02 Å². The van der Waals surface area contributed by atoms with Crippen molar-refractivity contribution in [3.63, 3.8) is 0 Å². The third-order valence-electron chi connectivity index (χ3n) is 3.53. The number of carbonyl (C=O) groups excluding carboxylic acids is 1. The molecule has 0 aliphatic rings. The molecule has 134 valence electrons. The van der Waals surface area contributed by atoms with E-state index in [1.807, 2.05) is 60.8 Å². The molecule has 26 heavy (non-hydrogen) atoms. The highest BCUT2D eigenvalue weighted by atomic mass is 35.5. The van der Waals surface area contributed by atoms with E-state index in [4.69, 9.17) is 21.1 Å². The van der Waals surface area contributed by atoms with Gasteiger partial charge in [0.05, 0.1) is 16.5 Å². The van der Waals surface area contributed by atoms with Gasteiger partial charge in [0.2, 0.25) is 0 Å². The third kappa shape index (κ3) is 4.77. The Morgan fingerprint density at radius 1 is 1.12 bits per heavy atom. The van der Waals surface area contributed by atoms with Gasteiger partial charge < -0.3 is 14.8 Å². The van der Waals surface area contributed by atoms with Crippen LogP contribution in [-0.2, 0) is 6.61 Å². The van der Waals surface area contributed by atoms with Gasteiger partial charge in [-0.2, -0.15) is 0 Å². The highest BCUT2D eigenvalue weighted by Gasteiger charge is 2.10. The summed E-state index contributed by atoms with van der Waals surface area (Å²) in [4.78, 5) is 13.0. The van der Waals surface area contributed by atoms with E-state index < -0.39 is 0 Å². The number of anilines is 1. The number of rotatable bonds is 7. The van der Waals surface area contributed by atoms with Gasteiger partial charge in [0.1, 0.15) is 18.1 Å². The minimum absolute atomic E-state index is 0.150. The summed E-state index contributed by atoms with van der Waals surface area (Å²) < 4.78 is 11.1. The van der Waals surface area contributed by atoms with Crippen molar-refractivity contribution in [2.24, 2.45) is 0 Å². The van der Waals surface area contributed by atoms with Gasteiger partial charge in [0.15, 0.2) is 0 Å². The fraction of sp³-hybridized carbons (Fsp3) is 0.150. The van der Waals surface area contributed by atoms with Crippen LogP contribution in [0.25, 0.3) is 0 Å². The van der Waals surface area contributed by atoms with E-state index in [1.54, 1.807) is 6.07 Å². The second-order valence-electron chi connectivity index (χ2n) is 5.45. The SMILES string of the molecule is CCOc1ccc(NC(=O)c2cc(COc3ccccc3Cl)cs2)cc1. The van der Waals surface area contributed by atoms with Crippen molar-refractivity contribution >= 4 is 34.5 Å². The molecule has 0 saturated carbocycles. The average molecular weight is 388 g/mol. The standard InChI is InChI=1S/C20H18ClNO3S/c1-2-24-16-9-7-15(8-10-16)22-20(23)19-11-14(13-26-19)12-25-18-6-4-3-5-17(18)21/h3-11,13H,2,12H2,1H3,(H,22,23). The lowest BCUT2D eigenvalue weighted by molar-refractivity contribution is 0.103. The normalized spacial score (nSPS) is 10.4. The molecule has 0 fully saturated rings. The maximum atomic E-state index is 12.4. The number of ether oxygens (including phenoxy) is 2. The van der Waals surface area contributed by atoms with E-state index in [0.29, 0.717) is 28.9 Å². The molecule has 0 aliphatic carbocycles. The van der Waals surface area contributed by atoms with Crippen LogP contribution in [0.1, 0.15) is 22.2 Å². The van der Waals surface area contributed by atoms with Crippen molar-refractivity contribution < 1.29 is 14.3 Å². The zero-order valence-corrected chi connectivity index (χ0v) is 15.8. The number of nitrogens with one attached hydrogen (secondary N) is 1. The number of para-hydroxylation sites is 1. The van der Waals surface area contributed by atoms with Gasteiger partial charge in [-0.05, 0) is 54.8 Å². The first-order valence-corrected chi connectivity index (χ1v) is 9.40. The summed E-state index contributed by atoms with van der Waals surface area (Å²) in [5.41, 5.74) is 1.65. The Balaban J connectivity index is 1.58. The van der Waals surface area contributed by atoms with Gasteiger partial charge in [-0.25, -0.2) is 0 Å². The number of hydrogen-bond acceptors (Lipinski definition) is 4. The quantitative estimate of drug-likeness (QED) is 0.571. The van der Waals surface area contributed by atoms with Crippen molar-refractivity contribution in [2.45, 2.75) is 13.5 Å². The Bertz CT molecular complexity index is 877. The zero-order valence-electron chi connectivity index (χ0n) is 14.2. The summed E-state index contributed by atoms with van der Waals surface area (Å²) in [6.45, 7) is 2.90. The first kappa shape index (κ1) is 18.3.